The van der Waals surface area contributed by atoms with E-state index in [2.05, 4.69) is 19.0 Å². The minimum Gasteiger partial charge on any atom is -0.387 e. The predicted octanol–water partition coefficient (Wildman–Crippen LogP) is 2.73. The lowest BCUT2D eigenvalue weighted by atomic mass is 10.4. The third kappa shape index (κ3) is 5.19. The summed E-state index contributed by atoms with van der Waals surface area (Å²) in [6.45, 7) is 7.56. The minimum absolute atomic E-state index is 0.708. The van der Waals surface area contributed by atoms with Crippen LogP contribution in [0.3, 0.4) is 0 Å². The van der Waals surface area contributed by atoms with E-state index < -0.39 is 7.71 Å². The Bertz CT molecular complexity index is 105. The van der Waals surface area contributed by atoms with Crippen LogP contribution in [-0.4, -0.2) is 20.9 Å². The van der Waals surface area contributed by atoms with Crippen LogP contribution in [0.4, 0.5) is 0 Å². The van der Waals surface area contributed by atoms with Crippen molar-refractivity contribution >= 4 is 19.8 Å². The summed E-state index contributed by atoms with van der Waals surface area (Å²) in [6.07, 6.45) is 2.32. The zero-order valence-electron chi connectivity index (χ0n) is 8.30. The molecule has 0 N–H and O–H groups in total. The monoisotopic (exact) mass is 208 g/mol. The van der Waals surface area contributed by atoms with E-state index in [1.54, 1.807) is 0 Å². The highest BCUT2D eigenvalue weighted by atomic mass is 32.3. The van der Waals surface area contributed by atoms with Gasteiger partial charge in [0.15, 0.2) is 0 Å². The minimum atomic E-state index is -2.08. The Labute approximate surface area is 81.9 Å². The molecule has 12 heavy (non-hydrogen) atoms. The summed E-state index contributed by atoms with van der Waals surface area (Å²) in [4.78, 5) is 0. The van der Waals surface area contributed by atoms with Crippen molar-refractivity contribution in [3.63, 3.8) is 0 Å². The van der Waals surface area contributed by atoms with Gasteiger partial charge in [0.25, 0.3) is 0 Å². The van der Waals surface area contributed by atoms with Gasteiger partial charge >= 0.3 is 7.71 Å². The Morgan fingerprint density at radius 2 is 1.58 bits per heavy atom. The number of unbranched alkanes of at least 4 members (excludes halogenated alkanes) is 1. The summed E-state index contributed by atoms with van der Waals surface area (Å²) in [5.74, 6) is 0. The zero-order chi connectivity index (χ0) is 9.45. The lowest BCUT2D eigenvalue weighted by molar-refractivity contribution is 0.205. The van der Waals surface area contributed by atoms with Crippen LogP contribution in [0.15, 0.2) is 0 Å². The summed E-state index contributed by atoms with van der Waals surface area (Å²) in [5, 5.41) is 0. The first-order valence-corrected chi connectivity index (χ1v) is 8.00. The van der Waals surface area contributed by atoms with Crippen LogP contribution in [0.25, 0.3) is 0 Å². The molecule has 0 aliphatic heterocycles. The van der Waals surface area contributed by atoms with Crippen molar-refractivity contribution in [2.45, 2.75) is 39.7 Å². The van der Waals surface area contributed by atoms with Gasteiger partial charge < -0.3 is 8.85 Å². The van der Waals surface area contributed by atoms with Crippen molar-refractivity contribution in [3.8, 4) is 0 Å². The molecule has 4 heteroatoms. The average molecular weight is 208 g/mol. The standard InChI is InChI=1S/C8H20O2SSi/c1-4-7-8-12(11,9-5-2)10-6-3/h11H,4-8H2,1-3H3. The molecule has 0 bridgehead atoms. The summed E-state index contributed by atoms with van der Waals surface area (Å²) in [5.41, 5.74) is 0. The number of hydrogen-bond acceptors (Lipinski definition) is 3. The van der Waals surface area contributed by atoms with Crippen molar-refractivity contribution in [1.82, 2.24) is 0 Å². The van der Waals surface area contributed by atoms with E-state index in [4.69, 9.17) is 8.85 Å². The van der Waals surface area contributed by atoms with E-state index in [0.717, 1.165) is 12.5 Å². The molecule has 0 heterocycles. The highest BCUT2D eigenvalue weighted by Crippen LogP contribution is 2.20. The normalized spacial score (nSPS) is 12.0. The highest BCUT2D eigenvalue weighted by molar-refractivity contribution is 8.12. The summed E-state index contributed by atoms with van der Waals surface area (Å²) in [6, 6.07) is 0.994. The number of thiol groups is 1. The van der Waals surface area contributed by atoms with E-state index in [1.807, 2.05) is 13.8 Å². The van der Waals surface area contributed by atoms with E-state index in [0.29, 0.717) is 13.2 Å². The van der Waals surface area contributed by atoms with Crippen molar-refractivity contribution in [2.75, 3.05) is 13.2 Å². The molecule has 2 nitrogen and oxygen atoms in total. The third-order valence-electron chi connectivity index (χ3n) is 1.59. The molecule has 0 unspecified atom stereocenters. The fourth-order valence-corrected chi connectivity index (χ4v) is 4.36. The predicted molar refractivity (Wildman–Crippen MR) is 57.7 cm³/mol. The smallest absolute Gasteiger partial charge is 0.387 e. The summed E-state index contributed by atoms with van der Waals surface area (Å²) >= 11 is 4.51. The molecule has 0 fully saturated rings. The SMILES string of the molecule is CCCC[Si](S)(OCC)OCC. The second-order valence-corrected chi connectivity index (χ2v) is 7.23. The van der Waals surface area contributed by atoms with Gasteiger partial charge in [-0.1, -0.05) is 19.8 Å². The van der Waals surface area contributed by atoms with Crippen LogP contribution in [0.5, 0.6) is 0 Å². The molecule has 0 aromatic rings. The Balaban J connectivity index is 3.80. The van der Waals surface area contributed by atoms with E-state index in [1.165, 1.54) is 6.42 Å². The van der Waals surface area contributed by atoms with Gasteiger partial charge in [0.2, 0.25) is 0 Å². The molecular weight excluding hydrogens is 188 g/mol. The molecule has 74 valence electrons. The van der Waals surface area contributed by atoms with Gasteiger partial charge in [-0.3, -0.25) is 0 Å². The van der Waals surface area contributed by atoms with E-state index in [-0.39, 0.29) is 0 Å². The Morgan fingerprint density at radius 3 is 1.92 bits per heavy atom. The maximum Gasteiger partial charge on any atom is 0.402 e. The molecule has 0 aromatic heterocycles. The molecule has 0 saturated carbocycles. The first kappa shape index (κ1) is 12.5. The van der Waals surface area contributed by atoms with E-state index in [9.17, 15) is 0 Å². The molecule has 0 amide bonds. The van der Waals surface area contributed by atoms with Gasteiger partial charge in [0, 0.05) is 19.3 Å². The first-order chi connectivity index (χ1) is 5.68. The highest BCUT2D eigenvalue weighted by Gasteiger charge is 2.31. The molecule has 0 aromatic carbocycles. The fourth-order valence-electron chi connectivity index (χ4n) is 1.04. The molecule has 0 atom stereocenters. The number of hydrogen-bond donors (Lipinski definition) is 1. The van der Waals surface area contributed by atoms with Crippen molar-refractivity contribution in [1.29, 1.82) is 0 Å². The Kier molecular flexibility index (Phi) is 7.23. The fraction of sp³-hybridized carbons (Fsp3) is 1.00. The molecule has 0 aliphatic rings. The molecule has 0 rings (SSSR count). The van der Waals surface area contributed by atoms with Gasteiger partial charge in [-0.2, -0.15) is 0 Å². The molecule has 0 saturated heterocycles. The summed E-state index contributed by atoms with van der Waals surface area (Å²) in [7, 11) is -2.08. The molecular formula is C8H20O2SSi. The van der Waals surface area contributed by atoms with Crippen molar-refractivity contribution in [3.05, 3.63) is 0 Å². The average Bonchev–Trinajstić information content (AvgIpc) is 2.02. The van der Waals surface area contributed by atoms with Gasteiger partial charge in [0.05, 0.1) is 0 Å². The molecule has 0 radical (unpaired) electrons. The second kappa shape index (κ2) is 6.94. The van der Waals surface area contributed by atoms with Crippen LogP contribution in [0, 0.1) is 0 Å². The van der Waals surface area contributed by atoms with Crippen LogP contribution in [0.1, 0.15) is 33.6 Å². The Hall–Kier alpha value is 0.487. The van der Waals surface area contributed by atoms with Crippen molar-refractivity contribution in [2.24, 2.45) is 0 Å². The zero-order valence-corrected chi connectivity index (χ0v) is 10.2. The van der Waals surface area contributed by atoms with Crippen LogP contribution in [-0.2, 0) is 8.85 Å². The second-order valence-electron chi connectivity index (χ2n) is 2.68. The third-order valence-corrected chi connectivity index (χ3v) is 5.50. The largest absolute Gasteiger partial charge is 0.402 e. The van der Waals surface area contributed by atoms with Gasteiger partial charge in [-0.25, -0.2) is 0 Å². The van der Waals surface area contributed by atoms with Crippen LogP contribution < -0.4 is 0 Å². The lowest BCUT2D eigenvalue weighted by Crippen LogP contribution is -2.36. The molecule has 0 aliphatic carbocycles. The topological polar surface area (TPSA) is 18.5 Å². The number of rotatable bonds is 7. The molecule has 0 spiro atoms. The quantitative estimate of drug-likeness (QED) is 0.512. The Morgan fingerprint density at radius 1 is 1.08 bits per heavy atom. The van der Waals surface area contributed by atoms with Crippen molar-refractivity contribution < 1.29 is 8.85 Å². The first-order valence-electron chi connectivity index (χ1n) is 4.68. The van der Waals surface area contributed by atoms with Gasteiger partial charge in [0.1, 0.15) is 0 Å². The van der Waals surface area contributed by atoms with Crippen LogP contribution >= 0.6 is 12.1 Å². The van der Waals surface area contributed by atoms with Gasteiger partial charge in [-0.15, -0.1) is 12.1 Å². The maximum absolute atomic E-state index is 5.55. The summed E-state index contributed by atoms with van der Waals surface area (Å²) < 4.78 is 11.1. The van der Waals surface area contributed by atoms with Gasteiger partial charge in [-0.05, 0) is 13.8 Å². The maximum atomic E-state index is 5.55. The van der Waals surface area contributed by atoms with Crippen LogP contribution in [0.2, 0.25) is 6.04 Å². The lowest BCUT2D eigenvalue weighted by Gasteiger charge is -2.23. The van der Waals surface area contributed by atoms with E-state index >= 15 is 0 Å².